The maximum atomic E-state index is 6.42. The predicted molar refractivity (Wildman–Crippen MR) is 243 cm³/mol. The van der Waals surface area contributed by atoms with E-state index in [1.165, 1.54) is 43.6 Å². The fourth-order valence-corrected chi connectivity index (χ4v) is 9.27. The van der Waals surface area contributed by atoms with Gasteiger partial charge in [-0.25, -0.2) is 0 Å². The Morgan fingerprint density at radius 2 is 0.741 bits per heavy atom. The maximum absolute atomic E-state index is 6.42. The number of hydrogen-bond donors (Lipinski definition) is 0. The molecule has 12 rings (SSSR count). The van der Waals surface area contributed by atoms with Crippen LogP contribution in [0.15, 0.2) is 217 Å². The molecule has 58 heavy (non-hydrogen) atoms. The minimum atomic E-state index is 0.877. The van der Waals surface area contributed by atoms with Gasteiger partial charge in [-0.3, -0.25) is 0 Å². The highest BCUT2D eigenvalue weighted by atomic mass is 16.3. The number of rotatable bonds is 6. The summed E-state index contributed by atoms with van der Waals surface area (Å²) in [5.74, 6) is 0. The van der Waals surface area contributed by atoms with Crippen LogP contribution in [0.2, 0.25) is 0 Å². The number of anilines is 3. The lowest BCUT2D eigenvalue weighted by Crippen LogP contribution is -2.12. The van der Waals surface area contributed by atoms with Crippen LogP contribution in [0.25, 0.3) is 88.1 Å². The zero-order chi connectivity index (χ0) is 38.2. The van der Waals surface area contributed by atoms with Crippen LogP contribution in [0.3, 0.4) is 0 Å². The summed E-state index contributed by atoms with van der Waals surface area (Å²) in [5.41, 5.74) is 14.1. The minimum absolute atomic E-state index is 0.877. The van der Waals surface area contributed by atoms with Crippen LogP contribution in [0.1, 0.15) is 0 Å². The average molecular weight is 742 g/mol. The second-order valence-corrected chi connectivity index (χ2v) is 14.9. The molecule has 4 heteroatoms. The first kappa shape index (κ1) is 32.4. The number of fused-ring (bicyclic) bond motifs is 9. The van der Waals surface area contributed by atoms with Gasteiger partial charge in [-0.2, -0.15) is 0 Å². The van der Waals surface area contributed by atoms with Gasteiger partial charge in [-0.15, -0.1) is 0 Å². The van der Waals surface area contributed by atoms with Crippen LogP contribution in [0.4, 0.5) is 17.1 Å². The van der Waals surface area contributed by atoms with Gasteiger partial charge in [0.1, 0.15) is 11.2 Å². The highest BCUT2D eigenvalue weighted by Gasteiger charge is 2.22. The molecular weight excluding hydrogens is 707 g/mol. The molecule has 0 bridgehead atoms. The monoisotopic (exact) mass is 741 g/mol. The number of aromatic nitrogens is 2. The molecule has 0 aliphatic rings. The third-order valence-electron chi connectivity index (χ3n) is 11.7. The van der Waals surface area contributed by atoms with Crippen molar-refractivity contribution < 1.29 is 4.42 Å². The van der Waals surface area contributed by atoms with Crippen LogP contribution in [0, 0.1) is 0 Å². The van der Waals surface area contributed by atoms with E-state index in [4.69, 9.17) is 4.42 Å². The lowest BCUT2D eigenvalue weighted by atomic mass is 9.97. The molecule has 0 aliphatic carbocycles. The van der Waals surface area contributed by atoms with E-state index in [2.05, 4.69) is 220 Å². The van der Waals surface area contributed by atoms with Crippen molar-refractivity contribution in [2.75, 3.05) is 4.90 Å². The Morgan fingerprint density at radius 3 is 1.29 bits per heavy atom. The molecule has 3 heterocycles. The van der Waals surface area contributed by atoms with E-state index in [0.717, 1.165) is 61.5 Å². The molecule has 0 saturated heterocycles. The van der Waals surface area contributed by atoms with Crippen molar-refractivity contribution in [2.24, 2.45) is 0 Å². The van der Waals surface area contributed by atoms with Gasteiger partial charge in [0, 0.05) is 60.6 Å². The minimum Gasteiger partial charge on any atom is -0.456 e. The van der Waals surface area contributed by atoms with Crippen LogP contribution in [-0.2, 0) is 0 Å². The Balaban J connectivity index is 1.12. The van der Waals surface area contributed by atoms with E-state index < -0.39 is 0 Å². The van der Waals surface area contributed by atoms with E-state index in [9.17, 15) is 0 Å². The first-order valence-corrected chi connectivity index (χ1v) is 19.8. The molecule has 0 amide bonds. The van der Waals surface area contributed by atoms with Crippen LogP contribution in [-0.4, -0.2) is 9.13 Å². The fraction of sp³-hybridized carbons (Fsp3) is 0. The lowest BCUT2D eigenvalue weighted by molar-refractivity contribution is 0.669. The summed E-state index contributed by atoms with van der Waals surface area (Å²) >= 11 is 0. The van der Waals surface area contributed by atoms with Gasteiger partial charge in [0.2, 0.25) is 0 Å². The van der Waals surface area contributed by atoms with Crippen molar-refractivity contribution in [1.82, 2.24) is 9.13 Å². The van der Waals surface area contributed by atoms with E-state index in [1.54, 1.807) is 0 Å². The standard InChI is InChI=1S/C54H35N3O/c1-8-28-48-40(20-1)41-21-2-9-29-49(41)56(48)38-18-13-16-36(34-38)55(37-17-14-19-39(35-37)57-50-30-10-3-22-42(50)43-23-4-11-31-51(43)57)47-27-7-5-24-44(47)45-26-15-33-53-54(45)46-25-6-12-32-52(46)58-53/h1-35H. The molecule has 0 radical (unpaired) electrons. The number of furan rings is 1. The summed E-state index contributed by atoms with van der Waals surface area (Å²) in [7, 11) is 0. The van der Waals surface area contributed by atoms with Gasteiger partial charge in [0.05, 0.1) is 27.8 Å². The van der Waals surface area contributed by atoms with E-state index in [0.29, 0.717) is 0 Å². The highest BCUT2D eigenvalue weighted by molar-refractivity contribution is 6.14. The molecule has 12 aromatic rings. The molecule has 0 N–H and O–H groups in total. The summed E-state index contributed by atoms with van der Waals surface area (Å²) in [6, 6.07) is 76.3. The molecule has 0 saturated carbocycles. The summed E-state index contributed by atoms with van der Waals surface area (Å²) < 4.78 is 11.2. The van der Waals surface area contributed by atoms with Crippen LogP contribution < -0.4 is 4.90 Å². The number of benzene rings is 9. The number of nitrogens with zero attached hydrogens (tertiary/aromatic N) is 3. The smallest absolute Gasteiger partial charge is 0.136 e. The maximum Gasteiger partial charge on any atom is 0.136 e. The van der Waals surface area contributed by atoms with Gasteiger partial charge >= 0.3 is 0 Å². The first-order chi connectivity index (χ1) is 28.8. The normalized spacial score (nSPS) is 11.8. The molecule has 0 unspecified atom stereocenters. The third kappa shape index (κ3) is 4.88. The van der Waals surface area contributed by atoms with Crippen molar-refractivity contribution >= 4 is 82.6 Å². The SMILES string of the molecule is c1cc(N(c2cccc(-n3c4ccccc4c4ccccc43)c2)c2ccccc2-c2cccc3oc4ccccc4c23)cc(-n2c3ccccc3c3ccccc32)c1. The van der Waals surface area contributed by atoms with Gasteiger partial charge in [0.25, 0.3) is 0 Å². The number of para-hydroxylation sites is 6. The fourth-order valence-electron chi connectivity index (χ4n) is 9.27. The van der Waals surface area contributed by atoms with Crippen molar-refractivity contribution in [3.63, 3.8) is 0 Å². The second kappa shape index (κ2) is 12.9. The Hall–Kier alpha value is -7.82. The summed E-state index contributed by atoms with van der Waals surface area (Å²) in [6.45, 7) is 0. The molecule has 3 aromatic heterocycles. The van der Waals surface area contributed by atoms with Crippen molar-refractivity contribution in [3.05, 3.63) is 212 Å². The van der Waals surface area contributed by atoms with Crippen LogP contribution >= 0.6 is 0 Å². The molecule has 0 fully saturated rings. The zero-order valence-electron chi connectivity index (χ0n) is 31.5. The zero-order valence-corrected chi connectivity index (χ0v) is 31.5. The van der Waals surface area contributed by atoms with Gasteiger partial charge in [-0.1, -0.05) is 133 Å². The molecule has 0 spiro atoms. The molecule has 272 valence electrons. The summed E-state index contributed by atoms with van der Waals surface area (Å²) in [4.78, 5) is 2.42. The third-order valence-corrected chi connectivity index (χ3v) is 11.7. The second-order valence-electron chi connectivity index (χ2n) is 14.9. The van der Waals surface area contributed by atoms with Crippen LogP contribution in [0.5, 0.6) is 0 Å². The van der Waals surface area contributed by atoms with E-state index >= 15 is 0 Å². The summed E-state index contributed by atoms with van der Waals surface area (Å²) in [5, 5.41) is 7.18. The van der Waals surface area contributed by atoms with Gasteiger partial charge in [-0.05, 0) is 84.4 Å². The molecule has 0 aliphatic heterocycles. The van der Waals surface area contributed by atoms with Gasteiger partial charge < -0.3 is 18.5 Å². The molecule has 9 aromatic carbocycles. The Kier molecular flexibility index (Phi) is 7.20. The molecular formula is C54H35N3O. The molecule has 0 atom stereocenters. The predicted octanol–water partition coefficient (Wildman–Crippen LogP) is 14.9. The average Bonchev–Trinajstić information content (AvgIpc) is 3.95. The number of hydrogen-bond acceptors (Lipinski definition) is 2. The summed E-state index contributed by atoms with van der Waals surface area (Å²) in [6.07, 6.45) is 0. The highest BCUT2D eigenvalue weighted by Crippen LogP contribution is 2.46. The van der Waals surface area contributed by atoms with E-state index in [1.807, 2.05) is 6.07 Å². The van der Waals surface area contributed by atoms with Crippen molar-refractivity contribution in [2.45, 2.75) is 0 Å². The lowest BCUT2D eigenvalue weighted by Gasteiger charge is -2.29. The largest absolute Gasteiger partial charge is 0.456 e. The van der Waals surface area contributed by atoms with Crippen molar-refractivity contribution in [1.29, 1.82) is 0 Å². The molecule has 4 nitrogen and oxygen atoms in total. The van der Waals surface area contributed by atoms with Crippen molar-refractivity contribution in [3.8, 4) is 22.5 Å². The first-order valence-electron chi connectivity index (χ1n) is 19.8. The Labute approximate surface area is 334 Å². The Bertz CT molecular complexity index is 3280. The quantitative estimate of drug-likeness (QED) is 0.170. The van der Waals surface area contributed by atoms with Gasteiger partial charge in [0.15, 0.2) is 0 Å². The topological polar surface area (TPSA) is 26.2 Å². The Morgan fingerprint density at radius 1 is 0.328 bits per heavy atom. The van der Waals surface area contributed by atoms with E-state index in [-0.39, 0.29) is 0 Å².